The number of halogens is 2. The largest absolute Gasteiger partial charge is 0.340 e. The molecule has 1 saturated heterocycles. The lowest BCUT2D eigenvalue weighted by atomic mass is 10.1. The average Bonchev–Trinajstić information content (AvgIpc) is 2.41. The lowest BCUT2D eigenvalue weighted by molar-refractivity contribution is -0.131. The highest BCUT2D eigenvalue weighted by Crippen LogP contribution is 2.23. The number of nitrogens with zero attached hydrogens (tertiary/aromatic N) is 1. The van der Waals surface area contributed by atoms with Gasteiger partial charge in [0.1, 0.15) is 0 Å². The summed E-state index contributed by atoms with van der Waals surface area (Å²) in [4.78, 5) is 13.9. The fourth-order valence-electron chi connectivity index (χ4n) is 2.02. The monoisotopic (exact) mass is 286 g/mol. The summed E-state index contributed by atoms with van der Waals surface area (Å²) in [6.45, 7) is 3.39. The molecular weight excluding hydrogens is 271 g/mol. The Balaban J connectivity index is 1.86. The highest BCUT2D eigenvalue weighted by atomic mass is 35.5. The SMILES string of the molecule is O=C(CCc1ccc(Cl)c(Cl)c1)N1CCNCC1. The third-order valence-electron chi connectivity index (χ3n) is 3.08. The van der Waals surface area contributed by atoms with Gasteiger partial charge < -0.3 is 10.2 Å². The first-order chi connectivity index (χ1) is 8.66. The topological polar surface area (TPSA) is 32.3 Å². The quantitative estimate of drug-likeness (QED) is 0.925. The number of hydrogen-bond donors (Lipinski definition) is 1. The molecule has 0 aliphatic carbocycles. The summed E-state index contributed by atoms with van der Waals surface area (Å²) >= 11 is 11.8. The Bertz CT molecular complexity index is 431. The molecule has 3 nitrogen and oxygen atoms in total. The van der Waals surface area contributed by atoms with Crippen LogP contribution in [-0.4, -0.2) is 37.0 Å². The van der Waals surface area contributed by atoms with E-state index in [2.05, 4.69) is 5.32 Å². The van der Waals surface area contributed by atoms with Crippen LogP contribution in [0.3, 0.4) is 0 Å². The maximum Gasteiger partial charge on any atom is 0.222 e. The minimum absolute atomic E-state index is 0.211. The molecule has 0 bridgehead atoms. The number of carbonyl (C=O) groups excluding carboxylic acids is 1. The number of hydrogen-bond acceptors (Lipinski definition) is 2. The van der Waals surface area contributed by atoms with Gasteiger partial charge in [0.05, 0.1) is 10.0 Å². The van der Waals surface area contributed by atoms with E-state index in [4.69, 9.17) is 23.2 Å². The van der Waals surface area contributed by atoms with E-state index in [0.29, 0.717) is 22.9 Å². The number of benzene rings is 1. The van der Waals surface area contributed by atoms with Crippen molar-refractivity contribution in [2.75, 3.05) is 26.2 Å². The van der Waals surface area contributed by atoms with Crippen molar-refractivity contribution in [2.24, 2.45) is 0 Å². The minimum Gasteiger partial charge on any atom is -0.340 e. The van der Waals surface area contributed by atoms with Crippen LogP contribution in [0.1, 0.15) is 12.0 Å². The van der Waals surface area contributed by atoms with Crippen LogP contribution < -0.4 is 5.32 Å². The van der Waals surface area contributed by atoms with Gasteiger partial charge >= 0.3 is 0 Å². The molecule has 2 rings (SSSR count). The molecule has 18 heavy (non-hydrogen) atoms. The van der Waals surface area contributed by atoms with Crippen molar-refractivity contribution >= 4 is 29.1 Å². The smallest absolute Gasteiger partial charge is 0.222 e. The molecule has 1 aromatic carbocycles. The van der Waals surface area contributed by atoms with Crippen LogP contribution in [0.25, 0.3) is 0 Å². The second-order valence-electron chi connectivity index (χ2n) is 4.38. The summed E-state index contributed by atoms with van der Waals surface area (Å²) in [5, 5.41) is 4.33. The molecule has 5 heteroatoms. The maximum atomic E-state index is 12.0. The van der Waals surface area contributed by atoms with Gasteiger partial charge in [0, 0.05) is 32.6 Å². The average molecular weight is 287 g/mol. The first kappa shape index (κ1) is 13.7. The maximum absolute atomic E-state index is 12.0. The Kier molecular flexibility index (Phi) is 4.87. The first-order valence-corrected chi connectivity index (χ1v) is 6.85. The minimum atomic E-state index is 0.211. The van der Waals surface area contributed by atoms with Crippen LogP contribution in [-0.2, 0) is 11.2 Å². The van der Waals surface area contributed by atoms with E-state index in [1.807, 2.05) is 17.0 Å². The summed E-state index contributed by atoms with van der Waals surface area (Å²) in [6, 6.07) is 5.52. The van der Waals surface area contributed by atoms with Gasteiger partial charge in [0.15, 0.2) is 0 Å². The molecule has 1 aromatic rings. The molecule has 0 spiro atoms. The molecule has 0 unspecified atom stereocenters. The number of rotatable bonds is 3. The molecule has 0 atom stereocenters. The van der Waals surface area contributed by atoms with Gasteiger partial charge in [-0.1, -0.05) is 29.3 Å². The van der Waals surface area contributed by atoms with E-state index in [-0.39, 0.29) is 5.91 Å². The third kappa shape index (κ3) is 3.61. The van der Waals surface area contributed by atoms with Gasteiger partial charge in [-0.3, -0.25) is 4.79 Å². The molecule has 0 radical (unpaired) electrons. The Morgan fingerprint density at radius 1 is 1.22 bits per heavy atom. The van der Waals surface area contributed by atoms with Crippen molar-refractivity contribution in [3.05, 3.63) is 33.8 Å². The van der Waals surface area contributed by atoms with E-state index in [1.54, 1.807) is 6.07 Å². The van der Waals surface area contributed by atoms with E-state index < -0.39 is 0 Å². The van der Waals surface area contributed by atoms with Crippen LogP contribution in [0, 0.1) is 0 Å². The van der Waals surface area contributed by atoms with Crippen molar-refractivity contribution in [1.82, 2.24) is 10.2 Å². The zero-order chi connectivity index (χ0) is 13.0. The molecule has 0 saturated carbocycles. The van der Waals surface area contributed by atoms with Crippen molar-refractivity contribution in [2.45, 2.75) is 12.8 Å². The molecule has 1 amide bonds. The highest BCUT2D eigenvalue weighted by molar-refractivity contribution is 6.42. The molecule has 1 fully saturated rings. The highest BCUT2D eigenvalue weighted by Gasteiger charge is 2.15. The van der Waals surface area contributed by atoms with Crippen LogP contribution in [0.2, 0.25) is 10.0 Å². The van der Waals surface area contributed by atoms with Crippen LogP contribution >= 0.6 is 23.2 Å². The third-order valence-corrected chi connectivity index (χ3v) is 3.82. The summed E-state index contributed by atoms with van der Waals surface area (Å²) in [5.41, 5.74) is 1.05. The Morgan fingerprint density at radius 3 is 2.61 bits per heavy atom. The zero-order valence-electron chi connectivity index (χ0n) is 10.1. The Morgan fingerprint density at radius 2 is 1.94 bits per heavy atom. The summed E-state index contributed by atoms with van der Waals surface area (Å²) in [6.07, 6.45) is 1.23. The molecule has 1 aliphatic heterocycles. The molecule has 0 aromatic heterocycles. The second kappa shape index (κ2) is 6.41. The lowest BCUT2D eigenvalue weighted by Gasteiger charge is -2.27. The van der Waals surface area contributed by atoms with E-state index >= 15 is 0 Å². The van der Waals surface area contributed by atoms with Crippen LogP contribution in [0.15, 0.2) is 18.2 Å². The molecule has 98 valence electrons. The number of piperazine rings is 1. The first-order valence-electron chi connectivity index (χ1n) is 6.09. The van der Waals surface area contributed by atoms with Gasteiger partial charge in [0.25, 0.3) is 0 Å². The Labute approximate surface area is 117 Å². The molecule has 1 N–H and O–H groups in total. The van der Waals surface area contributed by atoms with Gasteiger partial charge in [-0.25, -0.2) is 0 Å². The summed E-state index contributed by atoms with van der Waals surface area (Å²) in [5.74, 6) is 0.211. The van der Waals surface area contributed by atoms with Crippen LogP contribution in [0.5, 0.6) is 0 Å². The fourth-order valence-corrected chi connectivity index (χ4v) is 2.34. The molecular formula is C13H16Cl2N2O. The Hall–Kier alpha value is -0.770. The second-order valence-corrected chi connectivity index (χ2v) is 5.19. The van der Waals surface area contributed by atoms with Crippen molar-refractivity contribution in [1.29, 1.82) is 0 Å². The van der Waals surface area contributed by atoms with Gasteiger partial charge in [0.2, 0.25) is 5.91 Å². The van der Waals surface area contributed by atoms with Crippen molar-refractivity contribution in [3.63, 3.8) is 0 Å². The van der Waals surface area contributed by atoms with Crippen molar-refractivity contribution < 1.29 is 4.79 Å². The predicted octanol–water partition coefficient (Wildman–Crippen LogP) is 2.36. The summed E-state index contributed by atoms with van der Waals surface area (Å²) in [7, 11) is 0. The van der Waals surface area contributed by atoms with Gasteiger partial charge in [-0.2, -0.15) is 0 Å². The van der Waals surface area contributed by atoms with Crippen molar-refractivity contribution in [3.8, 4) is 0 Å². The number of amides is 1. The van der Waals surface area contributed by atoms with E-state index in [9.17, 15) is 4.79 Å². The summed E-state index contributed by atoms with van der Waals surface area (Å²) < 4.78 is 0. The van der Waals surface area contributed by atoms with Gasteiger partial charge in [-0.05, 0) is 24.1 Å². The number of carbonyl (C=O) groups is 1. The molecule has 1 heterocycles. The lowest BCUT2D eigenvalue weighted by Crippen LogP contribution is -2.46. The standard InChI is InChI=1S/C13H16Cl2N2O/c14-11-3-1-10(9-12(11)15)2-4-13(18)17-7-5-16-6-8-17/h1,3,9,16H,2,4-8H2. The van der Waals surface area contributed by atoms with Gasteiger partial charge in [-0.15, -0.1) is 0 Å². The van der Waals surface area contributed by atoms with E-state index in [0.717, 1.165) is 31.7 Å². The number of nitrogens with one attached hydrogen (secondary N) is 1. The fraction of sp³-hybridized carbons (Fsp3) is 0.462. The molecule has 1 aliphatic rings. The van der Waals surface area contributed by atoms with Crippen LogP contribution in [0.4, 0.5) is 0 Å². The normalized spacial score (nSPS) is 15.8. The number of aryl methyl sites for hydroxylation is 1. The van der Waals surface area contributed by atoms with E-state index in [1.165, 1.54) is 0 Å². The predicted molar refractivity (Wildman–Crippen MR) is 74.2 cm³/mol. The zero-order valence-corrected chi connectivity index (χ0v) is 11.6.